The number of aliphatic hydroxyl groups excluding tert-OH is 1. The van der Waals surface area contributed by atoms with Crippen molar-refractivity contribution in [3.8, 4) is 28.7 Å². The third-order valence-corrected chi connectivity index (χ3v) is 5.39. The molecule has 7 heteroatoms. The Morgan fingerprint density at radius 2 is 1.74 bits per heavy atom. The van der Waals surface area contributed by atoms with Crippen LogP contribution in [0.2, 0.25) is 0 Å². The Hall–Kier alpha value is -2.90. The number of rotatable bonds is 8. The van der Waals surface area contributed by atoms with Crippen LogP contribution in [0.4, 0.5) is 0 Å². The third-order valence-electron chi connectivity index (χ3n) is 4.93. The fraction of sp³-hybridized carbons (Fsp3) is 0.250. The molecular weight excluding hydrogens is 464 g/mol. The van der Waals surface area contributed by atoms with Gasteiger partial charge in [0.25, 0.3) is 0 Å². The molecule has 0 aromatic heterocycles. The number of methoxy groups -OCH3 is 1. The topological polar surface area (TPSA) is 66.4 Å². The summed E-state index contributed by atoms with van der Waals surface area (Å²) in [4.78, 5) is 0. The van der Waals surface area contributed by atoms with Crippen molar-refractivity contribution in [1.29, 1.82) is 0 Å². The highest BCUT2D eigenvalue weighted by Gasteiger charge is 2.25. The van der Waals surface area contributed by atoms with Crippen molar-refractivity contribution in [2.45, 2.75) is 25.7 Å². The maximum atomic E-state index is 10.9. The molecule has 2 atom stereocenters. The van der Waals surface area contributed by atoms with Crippen LogP contribution < -0.4 is 23.7 Å². The highest BCUT2D eigenvalue weighted by Crippen LogP contribution is 2.42. The van der Waals surface area contributed by atoms with Crippen molar-refractivity contribution >= 4 is 15.9 Å². The molecule has 0 spiro atoms. The van der Waals surface area contributed by atoms with Crippen molar-refractivity contribution in [2.75, 3.05) is 13.9 Å². The van der Waals surface area contributed by atoms with Crippen LogP contribution in [-0.4, -0.2) is 25.1 Å². The summed E-state index contributed by atoms with van der Waals surface area (Å²) in [7, 11) is 1.56. The van der Waals surface area contributed by atoms with Gasteiger partial charge in [0.05, 0.1) is 7.11 Å². The Balaban J connectivity index is 1.55. The van der Waals surface area contributed by atoms with Gasteiger partial charge >= 0.3 is 0 Å². The Labute approximate surface area is 189 Å². The molecule has 0 radical (unpaired) electrons. The fourth-order valence-corrected chi connectivity index (χ4v) is 3.69. The summed E-state index contributed by atoms with van der Waals surface area (Å²) in [5.74, 6) is 2.71. The van der Waals surface area contributed by atoms with Gasteiger partial charge in [0.2, 0.25) is 12.5 Å². The predicted octanol–water partition coefficient (Wildman–Crippen LogP) is 5.27. The number of halogens is 1. The molecule has 0 saturated carbocycles. The maximum absolute atomic E-state index is 10.9. The Morgan fingerprint density at radius 1 is 1.00 bits per heavy atom. The lowest BCUT2D eigenvalue weighted by atomic mass is 10.0. The molecule has 0 saturated heterocycles. The van der Waals surface area contributed by atoms with Gasteiger partial charge in [-0.15, -0.1) is 0 Å². The molecule has 0 aliphatic carbocycles. The Morgan fingerprint density at radius 3 is 2.52 bits per heavy atom. The van der Waals surface area contributed by atoms with E-state index >= 15 is 0 Å². The van der Waals surface area contributed by atoms with Crippen molar-refractivity contribution in [1.82, 2.24) is 0 Å². The quantitative estimate of drug-likeness (QED) is 0.467. The molecule has 0 amide bonds. The van der Waals surface area contributed by atoms with Gasteiger partial charge in [0.1, 0.15) is 18.8 Å². The average Bonchev–Trinajstić information content (AvgIpc) is 3.26. The molecule has 3 aromatic carbocycles. The lowest BCUT2D eigenvalue weighted by Crippen LogP contribution is -2.22. The third kappa shape index (κ3) is 4.89. The second kappa shape index (κ2) is 9.49. The van der Waals surface area contributed by atoms with E-state index in [2.05, 4.69) is 15.9 Å². The van der Waals surface area contributed by atoms with Gasteiger partial charge in [-0.2, -0.15) is 0 Å². The number of hydrogen-bond acceptors (Lipinski definition) is 6. The summed E-state index contributed by atoms with van der Waals surface area (Å²) >= 11 is 3.48. The van der Waals surface area contributed by atoms with E-state index in [1.54, 1.807) is 38.3 Å². The van der Waals surface area contributed by atoms with E-state index in [1.807, 2.05) is 36.4 Å². The molecule has 162 valence electrons. The molecule has 31 heavy (non-hydrogen) atoms. The number of benzene rings is 3. The monoisotopic (exact) mass is 486 g/mol. The van der Waals surface area contributed by atoms with Gasteiger partial charge in [0, 0.05) is 4.47 Å². The van der Waals surface area contributed by atoms with Crippen LogP contribution in [-0.2, 0) is 6.61 Å². The Bertz CT molecular complexity index is 1040. The van der Waals surface area contributed by atoms with Crippen LogP contribution in [0.3, 0.4) is 0 Å². The second-order valence-electron chi connectivity index (χ2n) is 7.09. The Kier molecular flexibility index (Phi) is 6.53. The summed E-state index contributed by atoms with van der Waals surface area (Å²) in [6, 6.07) is 18.8. The standard InChI is InChI=1S/C24H23BrO6/c1-15(23(26)17-8-9-19-20(10-17)30-14-29-19)31-24-21(27-2)11-18(25)12-22(24)28-13-16-6-4-3-5-7-16/h3-12,15,23,26H,13-14H2,1-2H3/t15-,23+/m1/s1. The average molecular weight is 487 g/mol. The van der Waals surface area contributed by atoms with Crippen molar-refractivity contribution in [3.63, 3.8) is 0 Å². The van der Waals surface area contributed by atoms with Crippen molar-refractivity contribution < 1.29 is 28.8 Å². The number of aliphatic hydroxyl groups is 1. The molecule has 1 aliphatic rings. The van der Waals surface area contributed by atoms with Crippen molar-refractivity contribution in [2.24, 2.45) is 0 Å². The molecule has 1 heterocycles. The molecule has 4 rings (SSSR count). The van der Waals surface area contributed by atoms with Gasteiger partial charge in [-0.3, -0.25) is 0 Å². The number of fused-ring (bicyclic) bond motifs is 1. The number of hydrogen-bond donors (Lipinski definition) is 1. The molecular formula is C24H23BrO6. The maximum Gasteiger partial charge on any atom is 0.231 e. The lowest BCUT2D eigenvalue weighted by molar-refractivity contribution is 0.0427. The van der Waals surface area contributed by atoms with E-state index < -0.39 is 12.2 Å². The van der Waals surface area contributed by atoms with Gasteiger partial charge < -0.3 is 28.8 Å². The molecule has 1 aliphatic heterocycles. The second-order valence-corrected chi connectivity index (χ2v) is 8.01. The van der Waals surface area contributed by atoms with Crippen molar-refractivity contribution in [3.05, 3.63) is 76.3 Å². The van der Waals surface area contributed by atoms with Gasteiger partial charge in [-0.1, -0.05) is 52.3 Å². The van der Waals surface area contributed by atoms with Gasteiger partial charge in [-0.05, 0) is 42.3 Å². The summed E-state index contributed by atoms with van der Waals surface area (Å²) < 4.78 is 29.2. The largest absolute Gasteiger partial charge is 0.493 e. The first-order chi connectivity index (χ1) is 15.0. The molecule has 0 bridgehead atoms. The normalized spacial score (nSPS) is 14.1. The zero-order valence-electron chi connectivity index (χ0n) is 17.2. The first-order valence-corrected chi connectivity index (χ1v) is 10.6. The fourth-order valence-electron chi connectivity index (χ4n) is 3.27. The highest BCUT2D eigenvalue weighted by atomic mass is 79.9. The molecule has 1 N–H and O–H groups in total. The van der Waals surface area contributed by atoms with Gasteiger partial charge in [-0.25, -0.2) is 0 Å². The summed E-state index contributed by atoms with van der Waals surface area (Å²) in [5.41, 5.74) is 1.69. The first-order valence-electron chi connectivity index (χ1n) is 9.83. The van der Waals surface area contributed by atoms with E-state index in [1.165, 1.54) is 0 Å². The summed E-state index contributed by atoms with van der Waals surface area (Å²) in [5, 5.41) is 10.9. The van der Waals surface area contributed by atoms with E-state index in [4.69, 9.17) is 23.7 Å². The van der Waals surface area contributed by atoms with Gasteiger partial charge in [0.15, 0.2) is 23.0 Å². The van der Waals surface area contributed by atoms with Crippen LogP contribution in [0.15, 0.2) is 65.1 Å². The zero-order chi connectivity index (χ0) is 21.8. The van der Waals surface area contributed by atoms with Crippen LogP contribution in [0.1, 0.15) is 24.2 Å². The van der Waals surface area contributed by atoms with Crippen LogP contribution in [0.5, 0.6) is 28.7 Å². The SMILES string of the molecule is COc1cc(Br)cc(OCc2ccccc2)c1O[C@H](C)[C@H](O)c1ccc2c(c1)OCO2. The first kappa shape index (κ1) is 21.3. The van der Waals surface area contributed by atoms with Crippen LogP contribution >= 0.6 is 15.9 Å². The van der Waals surface area contributed by atoms with E-state index in [0.717, 1.165) is 10.0 Å². The highest BCUT2D eigenvalue weighted by molar-refractivity contribution is 9.10. The summed E-state index contributed by atoms with van der Waals surface area (Å²) in [6.07, 6.45) is -1.49. The summed E-state index contributed by atoms with van der Waals surface area (Å²) in [6.45, 7) is 2.34. The van der Waals surface area contributed by atoms with E-state index in [0.29, 0.717) is 40.9 Å². The lowest BCUT2D eigenvalue weighted by Gasteiger charge is -2.24. The zero-order valence-corrected chi connectivity index (χ0v) is 18.8. The minimum absolute atomic E-state index is 0.180. The minimum Gasteiger partial charge on any atom is -0.493 e. The predicted molar refractivity (Wildman–Crippen MR) is 119 cm³/mol. The minimum atomic E-state index is -0.898. The molecule has 0 unspecified atom stereocenters. The number of ether oxygens (including phenoxy) is 5. The van der Waals surface area contributed by atoms with E-state index in [9.17, 15) is 5.11 Å². The van der Waals surface area contributed by atoms with E-state index in [-0.39, 0.29) is 6.79 Å². The molecule has 6 nitrogen and oxygen atoms in total. The molecule has 0 fully saturated rings. The van der Waals surface area contributed by atoms with Crippen LogP contribution in [0.25, 0.3) is 0 Å². The van der Waals surface area contributed by atoms with Crippen LogP contribution in [0, 0.1) is 0 Å². The smallest absolute Gasteiger partial charge is 0.231 e. The molecule has 3 aromatic rings.